The molecule has 0 saturated heterocycles. The molecule has 2 N–H and O–H groups in total. The van der Waals surface area contributed by atoms with E-state index in [1.54, 1.807) is 0 Å². The van der Waals surface area contributed by atoms with Crippen LogP contribution in [0.4, 0.5) is 0 Å². The van der Waals surface area contributed by atoms with Crippen LogP contribution in [0.2, 0.25) is 0 Å². The average molecular weight is 209 g/mol. The van der Waals surface area contributed by atoms with E-state index >= 15 is 0 Å². The minimum atomic E-state index is -2.75. The fraction of sp³-hybridized carbons (Fsp3) is 1.00. The molecule has 0 aromatic rings. The van der Waals surface area contributed by atoms with Crippen LogP contribution in [0.15, 0.2) is 0 Å². The molecule has 1 unspecified atom stereocenters. The van der Waals surface area contributed by atoms with E-state index in [0.29, 0.717) is 6.61 Å². The normalized spacial score (nSPS) is 15.6. The summed E-state index contributed by atoms with van der Waals surface area (Å²) in [5.74, 6) is 0. The molecule has 0 spiro atoms. The fourth-order valence-electron chi connectivity index (χ4n) is 0.883. The van der Waals surface area contributed by atoms with E-state index < -0.39 is 7.60 Å². The SMILES string of the molecule is COP(C)(=O)OCCCCCCN. The maximum atomic E-state index is 11.2. The lowest BCUT2D eigenvalue weighted by atomic mass is 10.2. The zero-order valence-corrected chi connectivity index (χ0v) is 9.39. The van der Waals surface area contributed by atoms with Crippen molar-refractivity contribution in [3.8, 4) is 0 Å². The molecule has 0 heterocycles. The molecule has 0 aromatic heterocycles. The van der Waals surface area contributed by atoms with Gasteiger partial charge in [0.15, 0.2) is 0 Å². The van der Waals surface area contributed by atoms with Gasteiger partial charge in [-0.3, -0.25) is 4.57 Å². The van der Waals surface area contributed by atoms with Gasteiger partial charge >= 0.3 is 7.60 Å². The Morgan fingerprint density at radius 3 is 2.38 bits per heavy atom. The zero-order valence-electron chi connectivity index (χ0n) is 8.49. The highest BCUT2D eigenvalue weighted by Gasteiger charge is 2.12. The highest BCUT2D eigenvalue weighted by atomic mass is 31.2. The Morgan fingerprint density at radius 1 is 1.23 bits per heavy atom. The van der Waals surface area contributed by atoms with Crippen molar-refractivity contribution in [2.24, 2.45) is 5.73 Å². The standard InChI is InChI=1S/C8H20NO3P/c1-11-13(2,10)12-8-6-4-3-5-7-9/h3-9H2,1-2H3. The second kappa shape index (κ2) is 7.51. The lowest BCUT2D eigenvalue weighted by molar-refractivity contribution is 0.233. The van der Waals surface area contributed by atoms with Gasteiger partial charge < -0.3 is 14.8 Å². The van der Waals surface area contributed by atoms with E-state index in [4.69, 9.17) is 10.3 Å². The summed E-state index contributed by atoms with van der Waals surface area (Å²) >= 11 is 0. The van der Waals surface area contributed by atoms with Gasteiger partial charge in [-0.15, -0.1) is 0 Å². The number of rotatable bonds is 8. The maximum Gasteiger partial charge on any atom is 0.327 e. The summed E-state index contributed by atoms with van der Waals surface area (Å²) in [6.07, 6.45) is 4.15. The third-order valence-electron chi connectivity index (χ3n) is 1.76. The van der Waals surface area contributed by atoms with Gasteiger partial charge in [0.2, 0.25) is 0 Å². The largest absolute Gasteiger partial charge is 0.330 e. The molecule has 0 rings (SSSR count). The van der Waals surface area contributed by atoms with Crippen molar-refractivity contribution in [2.75, 3.05) is 26.9 Å². The fourth-order valence-corrected chi connectivity index (χ4v) is 1.45. The smallest absolute Gasteiger partial charge is 0.327 e. The molecular formula is C8H20NO3P. The molecule has 0 radical (unpaired) electrons. The molecule has 0 aliphatic carbocycles. The van der Waals surface area contributed by atoms with Gasteiger partial charge in [0.25, 0.3) is 0 Å². The van der Waals surface area contributed by atoms with Gasteiger partial charge in [-0.2, -0.15) is 0 Å². The molecule has 0 amide bonds. The van der Waals surface area contributed by atoms with Gasteiger partial charge in [0, 0.05) is 13.8 Å². The lowest BCUT2D eigenvalue weighted by Gasteiger charge is -2.10. The number of nitrogens with two attached hydrogens (primary N) is 1. The van der Waals surface area contributed by atoms with E-state index in [-0.39, 0.29) is 0 Å². The summed E-state index contributed by atoms with van der Waals surface area (Å²) in [6.45, 7) is 2.73. The second-order valence-corrected chi connectivity index (χ2v) is 5.16. The van der Waals surface area contributed by atoms with Crippen LogP contribution in [0.3, 0.4) is 0 Å². The van der Waals surface area contributed by atoms with Crippen molar-refractivity contribution in [3.63, 3.8) is 0 Å². The Labute approximate surface area is 80.3 Å². The quantitative estimate of drug-likeness (QED) is 0.490. The molecule has 5 heteroatoms. The Hall–Kier alpha value is 0.110. The van der Waals surface area contributed by atoms with Gasteiger partial charge in [-0.1, -0.05) is 12.8 Å². The molecule has 4 nitrogen and oxygen atoms in total. The first kappa shape index (κ1) is 13.1. The van der Waals surface area contributed by atoms with E-state index in [2.05, 4.69) is 4.52 Å². The minimum Gasteiger partial charge on any atom is -0.330 e. The van der Waals surface area contributed by atoms with Crippen molar-refractivity contribution in [3.05, 3.63) is 0 Å². The first-order valence-electron chi connectivity index (χ1n) is 4.60. The predicted octanol–water partition coefficient (Wildman–Crippen LogP) is 1.99. The first-order chi connectivity index (χ1) is 6.12. The Kier molecular flexibility index (Phi) is 7.57. The summed E-state index contributed by atoms with van der Waals surface area (Å²) in [6, 6.07) is 0. The minimum absolute atomic E-state index is 0.506. The summed E-state index contributed by atoms with van der Waals surface area (Å²) in [7, 11) is -1.36. The first-order valence-corrected chi connectivity index (χ1v) is 6.59. The van der Waals surface area contributed by atoms with Crippen molar-refractivity contribution in [1.29, 1.82) is 0 Å². The van der Waals surface area contributed by atoms with Crippen molar-refractivity contribution < 1.29 is 13.6 Å². The molecular weight excluding hydrogens is 189 g/mol. The van der Waals surface area contributed by atoms with E-state index in [1.807, 2.05) is 0 Å². The molecule has 0 fully saturated rings. The number of unbranched alkanes of at least 4 members (excludes halogenated alkanes) is 3. The topological polar surface area (TPSA) is 61.5 Å². The molecule has 0 saturated carbocycles. The van der Waals surface area contributed by atoms with Crippen LogP contribution in [0, 0.1) is 0 Å². The average Bonchev–Trinajstić information content (AvgIpc) is 2.11. The molecule has 0 aliphatic heterocycles. The van der Waals surface area contributed by atoms with E-state index in [1.165, 1.54) is 13.8 Å². The lowest BCUT2D eigenvalue weighted by Crippen LogP contribution is -1.99. The van der Waals surface area contributed by atoms with Crippen molar-refractivity contribution >= 4 is 7.60 Å². The Bertz CT molecular complexity index is 163. The van der Waals surface area contributed by atoms with Crippen LogP contribution in [0.25, 0.3) is 0 Å². The highest BCUT2D eigenvalue weighted by molar-refractivity contribution is 7.52. The van der Waals surface area contributed by atoms with Crippen LogP contribution in [0.5, 0.6) is 0 Å². The Morgan fingerprint density at radius 2 is 1.85 bits per heavy atom. The Balaban J connectivity index is 3.21. The molecule has 0 bridgehead atoms. The molecule has 0 aliphatic rings. The summed E-state index contributed by atoms with van der Waals surface area (Å²) in [5.41, 5.74) is 5.34. The monoisotopic (exact) mass is 209 g/mol. The highest BCUT2D eigenvalue weighted by Crippen LogP contribution is 2.42. The third kappa shape index (κ3) is 8.44. The zero-order chi connectivity index (χ0) is 10.2. The molecule has 80 valence electrons. The van der Waals surface area contributed by atoms with E-state index in [0.717, 1.165) is 32.2 Å². The predicted molar refractivity (Wildman–Crippen MR) is 54.0 cm³/mol. The number of hydrogen-bond acceptors (Lipinski definition) is 4. The van der Waals surface area contributed by atoms with Gasteiger partial charge in [-0.25, -0.2) is 0 Å². The summed E-state index contributed by atoms with van der Waals surface area (Å²) in [4.78, 5) is 0. The maximum absolute atomic E-state index is 11.2. The number of hydrogen-bond donors (Lipinski definition) is 1. The summed E-state index contributed by atoms with van der Waals surface area (Å²) < 4.78 is 20.9. The van der Waals surface area contributed by atoms with Crippen LogP contribution >= 0.6 is 7.60 Å². The van der Waals surface area contributed by atoms with Crippen molar-refractivity contribution in [2.45, 2.75) is 25.7 Å². The molecule has 1 atom stereocenters. The van der Waals surface area contributed by atoms with Gasteiger partial charge in [0.05, 0.1) is 6.61 Å². The van der Waals surface area contributed by atoms with Crippen LogP contribution < -0.4 is 5.73 Å². The van der Waals surface area contributed by atoms with Crippen LogP contribution in [-0.2, 0) is 13.6 Å². The third-order valence-corrected chi connectivity index (χ3v) is 3.07. The van der Waals surface area contributed by atoms with Crippen molar-refractivity contribution in [1.82, 2.24) is 0 Å². The second-order valence-electron chi connectivity index (χ2n) is 2.99. The van der Waals surface area contributed by atoms with Crippen LogP contribution in [0.1, 0.15) is 25.7 Å². The van der Waals surface area contributed by atoms with Gasteiger partial charge in [0.1, 0.15) is 0 Å². The molecule has 13 heavy (non-hydrogen) atoms. The van der Waals surface area contributed by atoms with E-state index in [9.17, 15) is 4.57 Å². The molecule has 0 aromatic carbocycles. The van der Waals surface area contributed by atoms with Crippen LogP contribution in [-0.4, -0.2) is 26.9 Å². The summed E-state index contributed by atoms with van der Waals surface area (Å²) in [5, 5.41) is 0. The van der Waals surface area contributed by atoms with Gasteiger partial charge in [-0.05, 0) is 19.4 Å².